The van der Waals surface area contributed by atoms with E-state index in [-0.39, 0.29) is 12.1 Å². The van der Waals surface area contributed by atoms with Crippen LogP contribution >= 0.6 is 15.9 Å². The van der Waals surface area contributed by atoms with Gasteiger partial charge in [0.2, 0.25) is 0 Å². The molecule has 0 saturated carbocycles. The summed E-state index contributed by atoms with van der Waals surface area (Å²) in [7, 11) is 0. The first-order valence-corrected chi connectivity index (χ1v) is 12.1. The van der Waals surface area contributed by atoms with Crippen molar-refractivity contribution in [1.82, 2.24) is 15.1 Å². The topological polar surface area (TPSA) is 44.8 Å². The van der Waals surface area contributed by atoms with Crippen LogP contribution in [0.5, 0.6) is 5.75 Å². The molecule has 1 N–H and O–H groups in total. The molecule has 0 aromatic heterocycles. The second kappa shape index (κ2) is 10.5. The summed E-state index contributed by atoms with van der Waals surface area (Å²) in [6, 6.07) is 16.8. The standard InChI is InChI=1S/C25H32BrN3O2/c1-2-31-23-8-9-24(26)21(15-23)14-19-10-12-28(13-11-19)17-22-18-29(25(30)27-22)16-20-6-4-3-5-7-20/h3-9,15,19,22H,2,10-14,16-18H2,1H3,(H,27,30). The molecule has 2 aromatic rings. The minimum Gasteiger partial charge on any atom is -0.494 e. The largest absolute Gasteiger partial charge is 0.494 e. The molecule has 0 bridgehead atoms. The van der Waals surface area contributed by atoms with Crippen molar-refractivity contribution in [3.8, 4) is 5.75 Å². The van der Waals surface area contributed by atoms with Gasteiger partial charge in [-0.15, -0.1) is 0 Å². The van der Waals surface area contributed by atoms with E-state index in [1.807, 2.05) is 36.1 Å². The van der Waals surface area contributed by atoms with Crippen LogP contribution in [0, 0.1) is 5.92 Å². The Morgan fingerprint density at radius 3 is 2.65 bits per heavy atom. The summed E-state index contributed by atoms with van der Waals surface area (Å²) in [4.78, 5) is 16.8. The summed E-state index contributed by atoms with van der Waals surface area (Å²) in [5.74, 6) is 1.65. The maximum atomic E-state index is 12.4. The third-order valence-electron chi connectivity index (χ3n) is 6.29. The Balaban J connectivity index is 1.23. The van der Waals surface area contributed by atoms with Crippen molar-refractivity contribution in [2.45, 2.75) is 38.8 Å². The van der Waals surface area contributed by atoms with Gasteiger partial charge in [-0.2, -0.15) is 0 Å². The van der Waals surface area contributed by atoms with E-state index >= 15 is 0 Å². The molecule has 6 heteroatoms. The first kappa shape index (κ1) is 22.2. The average molecular weight is 486 g/mol. The summed E-state index contributed by atoms with van der Waals surface area (Å²) >= 11 is 3.70. The molecule has 4 rings (SSSR count). The van der Waals surface area contributed by atoms with Gasteiger partial charge in [-0.05, 0) is 74.5 Å². The molecule has 2 amide bonds. The second-order valence-electron chi connectivity index (χ2n) is 8.65. The smallest absolute Gasteiger partial charge is 0.318 e. The van der Waals surface area contributed by atoms with Crippen molar-refractivity contribution in [2.24, 2.45) is 5.92 Å². The van der Waals surface area contributed by atoms with Crippen LogP contribution in [-0.2, 0) is 13.0 Å². The van der Waals surface area contributed by atoms with E-state index in [1.165, 1.54) is 28.4 Å². The average Bonchev–Trinajstić information content (AvgIpc) is 3.11. The quantitative estimate of drug-likeness (QED) is 0.589. The third-order valence-corrected chi connectivity index (χ3v) is 7.07. The van der Waals surface area contributed by atoms with Crippen LogP contribution in [0.3, 0.4) is 0 Å². The number of nitrogens with one attached hydrogen (secondary N) is 1. The molecule has 166 valence electrons. The summed E-state index contributed by atoms with van der Waals surface area (Å²) in [5.41, 5.74) is 2.52. The summed E-state index contributed by atoms with van der Waals surface area (Å²) in [6.07, 6.45) is 3.47. The van der Waals surface area contributed by atoms with Crippen LogP contribution in [0.4, 0.5) is 4.79 Å². The number of nitrogens with zero attached hydrogens (tertiary/aromatic N) is 2. The summed E-state index contributed by atoms with van der Waals surface area (Å²) < 4.78 is 6.84. The number of rotatable bonds is 8. The molecule has 2 fully saturated rings. The Bertz CT molecular complexity index is 868. The number of piperidine rings is 1. The number of hydrogen-bond donors (Lipinski definition) is 1. The molecular formula is C25H32BrN3O2. The lowest BCUT2D eigenvalue weighted by atomic mass is 9.90. The number of urea groups is 1. The number of amides is 2. The number of halogens is 1. The fourth-order valence-corrected chi connectivity index (χ4v) is 5.07. The van der Waals surface area contributed by atoms with Gasteiger partial charge in [-0.1, -0.05) is 46.3 Å². The minimum atomic E-state index is 0.0581. The van der Waals surface area contributed by atoms with Crippen molar-refractivity contribution < 1.29 is 9.53 Å². The van der Waals surface area contributed by atoms with E-state index in [2.05, 4.69) is 50.4 Å². The van der Waals surface area contributed by atoms with Gasteiger partial charge in [-0.3, -0.25) is 0 Å². The molecule has 0 spiro atoms. The van der Waals surface area contributed by atoms with Crippen molar-refractivity contribution in [2.75, 3.05) is 32.8 Å². The molecular weight excluding hydrogens is 454 g/mol. The van der Waals surface area contributed by atoms with Gasteiger partial charge in [0, 0.05) is 24.1 Å². The molecule has 1 unspecified atom stereocenters. The number of ether oxygens (including phenoxy) is 1. The first-order valence-electron chi connectivity index (χ1n) is 11.3. The molecule has 2 saturated heterocycles. The molecule has 5 nitrogen and oxygen atoms in total. The number of likely N-dealkylation sites (tertiary alicyclic amines) is 1. The van der Waals surface area contributed by atoms with Crippen LogP contribution in [0.25, 0.3) is 0 Å². The highest BCUT2D eigenvalue weighted by atomic mass is 79.9. The fraction of sp³-hybridized carbons (Fsp3) is 0.480. The SMILES string of the molecule is CCOc1ccc(Br)c(CC2CCN(CC3CN(Cc4ccccc4)C(=O)N3)CC2)c1. The Morgan fingerprint density at radius 1 is 1.13 bits per heavy atom. The zero-order valence-electron chi connectivity index (χ0n) is 18.2. The highest BCUT2D eigenvalue weighted by Crippen LogP contribution is 2.29. The van der Waals surface area contributed by atoms with Crippen molar-refractivity contribution >= 4 is 22.0 Å². The molecule has 1 atom stereocenters. The predicted molar refractivity (Wildman–Crippen MR) is 127 cm³/mol. The van der Waals surface area contributed by atoms with Gasteiger partial charge < -0.3 is 19.9 Å². The fourth-order valence-electron chi connectivity index (χ4n) is 4.66. The van der Waals surface area contributed by atoms with Crippen molar-refractivity contribution in [1.29, 1.82) is 0 Å². The molecule has 2 heterocycles. The highest BCUT2D eigenvalue weighted by Gasteiger charge is 2.31. The Hall–Kier alpha value is -2.05. The van der Waals surface area contributed by atoms with E-state index in [0.717, 1.165) is 38.3 Å². The van der Waals surface area contributed by atoms with Crippen LogP contribution in [0.1, 0.15) is 30.9 Å². The van der Waals surface area contributed by atoms with Crippen LogP contribution in [-0.4, -0.2) is 54.7 Å². The highest BCUT2D eigenvalue weighted by molar-refractivity contribution is 9.10. The molecule has 0 aliphatic carbocycles. The van der Waals surface area contributed by atoms with Gasteiger partial charge in [0.1, 0.15) is 5.75 Å². The minimum absolute atomic E-state index is 0.0581. The van der Waals surface area contributed by atoms with Gasteiger partial charge >= 0.3 is 6.03 Å². The number of benzene rings is 2. The lowest BCUT2D eigenvalue weighted by molar-refractivity contribution is 0.171. The third kappa shape index (κ3) is 6.01. The Kier molecular flexibility index (Phi) is 7.51. The Labute approximate surface area is 193 Å². The molecule has 31 heavy (non-hydrogen) atoms. The van der Waals surface area contributed by atoms with E-state index in [1.54, 1.807) is 0 Å². The van der Waals surface area contributed by atoms with Crippen LogP contribution in [0.15, 0.2) is 53.0 Å². The normalized spacial score (nSPS) is 20.1. The van der Waals surface area contributed by atoms with E-state index in [0.29, 0.717) is 19.1 Å². The van der Waals surface area contributed by atoms with Crippen molar-refractivity contribution in [3.63, 3.8) is 0 Å². The molecule has 0 radical (unpaired) electrons. The maximum Gasteiger partial charge on any atom is 0.318 e. The Morgan fingerprint density at radius 2 is 1.90 bits per heavy atom. The predicted octanol–water partition coefficient (Wildman–Crippen LogP) is 4.70. The summed E-state index contributed by atoms with van der Waals surface area (Å²) in [5, 5.41) is 3.17. The van der Waals surface area contributed by atoms with Gasteiger partial charge in [0.25, 0.3) is 0 Å². The van der Waals surface area contributed by atoms with Crippen molar-refractivity contribution in [3.05, 3.63) is 64.1 Å². The van der Waals surface area contributed by atoms with Crippen LogP contribution in [0.2, 0.25) is 0 Å². The summed E-state index contributed by atoms with van der Waals surface area (Å²) in [6.45, 7) is 7.31. The van der Waals surface area contributed by atoms with E-state index in [4.69, 9.17) is 4.74 Å². The second-order valence-corrected chi connectivity index (χ2v) is 9.50. The van der Waals surface area contributed by atoms with Gasteiger partial charge in [0.05, 0.1) is 12.6 Å². The number of carbonyl (C=O) groups is 1. The number of hydrogen-bond acceptors (Lipinski definition) is 3. The zero-order valence-corrected chi connectivity index (χ0v) is 19.8. The van der Waals surface area contributed by atoms with Gasteiger partial charge in [0.15, 0.2) is 0 Å². The lowest BCUT2D eigenvalue weighted by Gasteiger charge is -2.33. The number of carbonyl (C=O) groups excluding carboxylic acids is 1. The monoisotopic (exact) mass is 485 g/mol. The molecule has 2 aliphatic heterocycles. The molecule has 2 aliphatic rings. The van der Waals surface area contributed by atoms with E-state index in [9.17, 15) is 4.79 Å². The van der Waals surface area contributed by atoms with Gasteiger partial charge in [-0.25, -0.2) is 4.79 Å². The van der Waals surface area contributed by atoms with Crippen LogP contribution < -0.4 is 10.1 Å². The zero-order chi connectivity index (χ0) is 21.6. The van der Waals surface area contributed by atoms with E-state index < -0.39 is 0 Å². The maximum absolute atomic E-state index is 12.4. The first-order chi connectivity index (χ1) is 15.1. The molecule has 2 aromatic carbocycles. The lowest BCUT2D eigenvalue weighted by Crippen LogP contribution is -2.43.